The lowest BCUT2D eigenvalue weighted by Crippen LogP contribution is -2.25. The SMILES string of the molecule is CCc1ccccc1N1CC(c2nc3ccccc3n2CCCOc2c(C)cccc2C)CC1=O.Cl. The molecule has 2 heterocycles. The maximum atomic E-state index is 13.1. The fraction of sp³-hybridized carbons (Fsp3) is 0.333. The number of carbonyl (C=O) groups is 1. The molecule has 1 aromatic heterocycles. The van der Waals surface area contributed by atoms with Crippen LogP contribution in [0.15, 0.2) is 66.7 Å². The molecule has 0 bridgehead atoms. The lowest BCUT2D eigenvalue weighted by atomic mass is 10.1. The van der Waals surface area contributed by atoms with Gasteiger partial charge < -0.3 is 14.2 Å². The third kappa shape index (κ3) is 4.98. The third-order valence-corrected chi connectivity index (χ3v) is 7.02. The van der Waals surface area contributed by atoms with E-state index in [0.717, 1.165) is 58.8 Å². The number of rotatable bonds is 8. The van der Waals surface area contributed by atoms with E-state index in [1.54, 1.807) is 0 Å². The Labute approximate surface area is 219 Å². The van der Waals surface area contributed by atoms with Crippen molar-refractivity contribution < 1.29 is 9.53 Å². The summed E-state index contributed by atoms with van der Waals surface area (Å²) in [5.74, 6) is 2.23. The van der Waals surface area contributed by atoms with Crippen LogP contribution in [0.2, 0.25) is 0 Å². The molecule has 0 aliphatic carbocycles. The van der Waals surface area contributed by atoms with Crippen molar-refractivity contribution in [1.29, 1.82) is 0 Å². The first-order chi connectivity index (χ1) is 17.1. The fourth-order valence-electron chi connectivity index (χ4n) is 5.25. The largest absolute Gasteiger partial charge is 0.493 e. The maximum Gasteiger partial charge on any atom is 0.227 e. The molecular formula is C30H34ClN3O2. The van der Waals surface area contributed by atoms with Crippen LogP contribution in [-0.4, -0.2) is 28.6 Å². The van der Waals surface area contributed by atoms with Gasteiger partial charge >= 0.3 is 0 Å². The molecule has 0 radical (unpaired) electrons. The molecule has 1 fully saturated rings. The average Bonchev–Trinajstić information content (AvgIpc) is 3.43. The zero-order valence-corrected chi connectivity index (χ0v) is 22.1. The standard InChI is InChI=1S/C30H33N3O2.ClH/c1-4-23-13-5-7-15-26(23)33-20-24(19-28(33)34)30-31-25-14-6-8-16-27(25)32(30)17-10-18-35-29-21(2)11-9-12-22(29)3;/h5-9,11-16,24H,4,10,17-20H2,1-3H3;1H. The van der Waals surface area contributed by atoms with E-state index in [9.17, 15) is 4.79 Å². The minimum absolute atomic E-state index is 0. The molecule has 1 aliphatic rings. The topological polar surface area (TPSA) is 47.4 Å². The van der Waals surface area contributed by atoms with Gasteiger partial charge in [0.15, 0.2) is 0 Å². The van der Waals surface area contributed by atoms with E-state index in [1.165, 1.54) is 5.56 Å². The molecule has 0 N–H and O–H groups in total. The van der Waals surface area contributed by atoms with Crippen molar-refractivity contribution in [2.45, 2.75) is 52.5 Å². The second-order valence-electron chi connectivity index (χ2n) is 9.42. The Hall–Kier alpha value is -3.31. The smallest absolute Gasteiger partial charge is 0.227 e. The molecule has 1 aliphatic heterocycles. The molecule has 5 nitrogen and oxygen atoms in total. The number of carbonyl (C=O) groups excluding carboxylic acids is 1. The first-order valence-electron chi connectivity index (χ1n) is 12.6. The Morgan fingerprint density at radius 1 is 0.972 bits per heavy atom. The van der Waals surface area contributed by atoms with Gasteiger partial charge in [-0.1, -0.05) is 55.5 Å². The molecule has 4 aromatic rings. The Balaban J connectivity index is 0.00000304. The number of hydrogen-bond acceptors (Lipinski definition) is 3. The van der Waals surface area contributed by atoms with Crippen molar-refractivity contribution in [2.24, 2.45) is 0 Å². The minimum atomic E-state index is 0. The summed E-state index contributed by atoms with van der Waals surface area (Å²) in [6, 6.07) is 22.7. The van der Waals surface area contributed by atoms with Crippen LogP contribution in [0.5, 0.6) is 5.75 Å². The molecule has 1 amide bonds. The summed E-state index contributed by atoms with van der Waals surface area (Å²) in [6.45, 7) is 8.41. The Morgan fingerprint density at radius 2 is 1.69 bits per heavy atom. The van der Waals surface area contributed by atoms with Crippen LogP contribution >= 0.6 is 12.4 Å². The molecule has 1 saturated heterocycles. The number of benzene rings is 3. The highest BCUT2D eigenvalue weighted by Gasteiger charge is 2.35. The van der Waals surface area contributed by atoms with E-state index >= 15 is 0 Å². The molecular weight excluding hydrogens is 470 g/mol. The zero-order valence-electron chi connectivity index (χ0n) is 21.2. The summed E-state index contributed by atoms with van der Waals surface area (Å²) in [5, 5.41) is 0. The molecule has 1 unspecified atom stereocenters. The average molecular weight is 504 g/mol. The van der Waals surface area contributed by atoms with E-state index in [2.05, 4.69) is 73.9 Å². The van der Waals surface area contributed by atoms with Gasteiger partial charge in [0.1, 0.15) is 11.6 Å². The first kappa shape index (κ1) is 25.8. The highest BCUT2D eigenvalue weighted by molar-refractivity contribution is 5.97. The number of amides is 1. The second kappa shape index (κ2) is 11.2. The minimum Gasteiger partial charge on any atom is -0.493 e. The van der Waals surface area contributed by atoms with Gasteiger partial charge in [-0.15, -0.1) is 12.4 Å². The quantitative estimate of drug-likeness (QED) is 0.254. The summed E-state index contributed by atoms with van der Waals surface area (Å²) < 4.78 is 8.47. The molecule has 0 saturated carbocycles. The number of nitrogens with zero attached hydrogens (tertiary/aromatic N) is 3. The number of imidazole rings is 1. The van der Waals surface area contributed by atoms with Gasteiger partial charge in [-0.05, 0) is 61.6 Å². The highest BCUT2D eigenvalue weighted by atomic mass is 35.5. The number of fused-ring (bicyclic) bond motifs is 1. The number of ether oxygens (including phenoxy) is 1. The fourth-order valence-corrected chi connectivity index (χ4v) is 5.25. The number of halogens is 1. The van der Waals surface area contributed by atoms with Gasteiger partial charge in [0, 0.05) is 31.1 Å². The van der Waals surface area contributed by atoms with Gasteiger partial charge in [0.05, 0.1) is 17.6 Å². The van der Waals surface area contributed by atoms with Gasteiger partial charge in [-0.3, -0.25) is 4.79 Å². The van der Waals surface area contributed by atoms with Crippen molar-refractivity contribution in [2.75, 3.05) is 18.1 Å². The van der Waals surface area contributed by atoms with Crippen molar-refractivity contribution in [3.8, 4) is 5.75 Å². The Morgan fingerprint density at radius 3 is 2.47 bits per heavy atom. The summed E-state index contributed by atoms with van der Waals surface area (Å²) >= 11 is 0. The first-order valence-corrected chi connectivity index (χ1v) is 12.6. The molecule has 3 aromatic carbocycles. The van der Waals surface area contributed by atoms with Crippen molar-refractivity contribution in [3.05, 3.63) is 89.2 Å². The zero-order chi connectivity index (χ0) is 24.4. The lowest BCUT2D eigenvalue weighted by molar-refractivity contribution is -0.117. The molecule has 36 heavy (non-hydrogen) atoms. The molecule has 6 heteroatoms. The second-order valence-corrected chi connectivity index (χ2v) is 9.42. The van der Waals surface area contributed by atoms with Crippen LogP contribution in [0.3, 0.4) is 0 Å². The van der Waals surface area contributed by atoms with Gasteiger partial charge in [-0.25, -0.2) is 4.98 Å². The van der Waals surface area contributed by atoms with Crippen LogP contribution < -0.4 is 9.64 Å². The summed E-state index contributed by atoms with van der Waals surface area (Å²) in [4.78, 5) is 20.1. The summed E-state index contributed by atoms with van der Waals surface area (Å²) in [6.07, 6.45) is 2.26. The predicted molar refractivity (Wildman–Crippen MR) is 149 cm³/mol. The number of aryl methyl sites for hydroxylation is 4. The van der Waals surface area contributed by atoms with Crippen LogP contribution in [0.1, 0.15) is 48.2 Å². The van der Waals surface area contributed by atoms with Crippen molar-refractivity contribution >= 4 is 35.0 Å². The van der Waals surface area contributed by atoms with Crippen LogP contribution in [0.25, 0.3) is 11.0 Å². The van der Waals surface area contributed by atoms with Gasteiger partial charge in [0.2, 0.25) is 5.91 Å². The predicted octanol–water partition coefficient (Wildman–Crippen LogP) is 6.63. The van der Waals surface area contributed by atoms with Crippen molar-refractivity contribution in [1.82, 2.24) is 9.55 Å². The Bertz CT molecular complexity index is 1340. The third-order valence-electron chi connectivity index (χ3n) is 7.02. The monoisotopic (exact) mass is 503 g/mol. The molecule has 0 spiro atoms. The molecule has 188 valence electrons. The highest BCUT2D eigenvalue weighted by Crippen LogP contribution is 2.35. The van der Waals surface area contributed by atoms with Crippen LogP contribution in [0.4, 0.5) is 5.69 Å². The maximum absolute atomic E-state index is 13.1. The Kier molecular flexibility index (Phi) is 8.00. The van der Waals surface area contributed by atoms with E-state index in [-0.39, 0.29) is 24.2 Å². The molecule has 5 rings (SSSR count). The molecule has 1 atom stereocenters. The number of para-hydroxylation sites is 4. The lowest BCUT2D eigenvalue weighted by Gasteiger charge is -2.20. The van der Waals surface area contributed by atoms with Crippen molar-refractivity contribution in [3.63, 3.8) is 0 Å². The van der Waals surface area contributed by atoms with Crippen LogP contribution in [0, 0.1) is 13.8 Å². The normalized spacial score (nSPS) is 15.4. The van der Waals surface area contributed by atoms with E-state index in [4.69, 9.17) is 9.72 Å². The number of aromatic nitrogens is 2. The summed E-state index contributed by atoms with van der Waals surface area (Å²) in [7, 11) is 0. The summed E-state index contributed by atoms with van der Waals surface area (Å²) in [5.41, 5.74) is 6.67. The van der Waals surface area contributed by atoms with E-state index in [0.29, 0.717) is 19.6 Å². The van der Waals surface area contributed by atoms with E-state index in [1.807, 2.05) is 23.1 Å². The van der Waals surface area contributed by atoms with Crippen LogP contribution in [-0.2, 0) is 17.8 Å². The van der Waals surface area contributed by atoms with E-state index < -0.39 is 0 Å². The van der Waals surface area contributed by atoms with Gasteiger partial charge in [-0.2, -0.15) is 0 Å². The number of hydrogen-bond donors (Lipinski definition) is 0. The number of anilines is 1. The van der Waals surface area contributed by atoms with Gasteiger partial charge in [0.25, 0.3) is 0 Å².